The number of anilines is 4. The van der Waals surface area contributed by atoms with Gasteiger partial charge in [-0.05, 0) is 162 Å². The number of nitrogens with one attached hydrogen (secondary N) is 4. The predicted molar refractivity (Wildman–Crippen MR) is 359 cm³/mol. The Morgan fingerprint density at radius 1 is 0.798 bits per heavy atom. The molecule has 21 nitrogen and oxygen atoms in total. The quantitative estimate of drug-likeness (QED) is 0.0639. The van der Waals surface area contributed by atoms with Gasteiger partial charge in [-0.3, -0.25) is 9.79 Å². The molecule has 1 atom stereocenters. The van der Waals surface area contributed by atoms with Gasteiger partial charge in [0, 0.05) is 111 Å². The van der Waals surface area contributed by atoms with E-state index >= 15 is 0 Å². The number of carboxylic acid groups (broad SMARTS) is 1. The van der Waals surface area contributed by atoms with Crippen molar-refractivity contribution in [1.82, 2.24) is 44.9 Å². The Labute approximate surface area is 541 Å². The van der Waals surface area contributed by atoms with E-state index in [0.29, 0.717) is 33.4 Å². The van der Waals surface area contributed by atoms with Crippen LogP contribution in [0.4, 0.5) is 32.6 Å². The summed E-state index contributed by atoms with van der Waals surface area (Å²) in [6, 6.07) is 32.8. The number of thiophene rings is 1. The fourth-order valence-corrected chi connectivity index (χ4v) is 10.9. The Hall–Kier alpha value is -7.97. The topological polar surface area (TPSA) is 279 Å². The third-order valence-electron chi connectivity index (χ3n) is 13.3. The second-order valence-corrected chi connectivity index (χ2v) is 26.4. The maximum absolute atomic E-state index is 12.2. The Bertz CT molecular complexity index is 3920. The van der Waals surface area contributed by atoms with Crippen LogP contribution in [-0.4, -0.2) is 138 Å². The number of hydrogen-bond donors (Lipinski definition) is 6. The molecule has 0 radical (unpaired) electrons. The molecule has 1 amide bonds. The molecule has 9 aromatic rings. The lowest BCUT2D eigenvalue weighted by Crippen LogP contribution is -2.72. The van der Waals surface area contributed by atoms with Crippen molar-refractivity contribution in [3.8, 4) is 0 Å². The minimum Gasteiger partial charge on any atom is -0.477 e. The van der Waals surface area contributed by atoms with Crippen molar-refractivity contribution in [2.45, 2.75) is 79.1 Å². The van der Waals surface area contributed by atoms with Crippen molar-refractivity contribution >= 4 is 145 Å². The first-order valence-electron chi connectivity index (χ1n) is 28.3. The number of ether oxygens (including phenoxy) is 3. The van der Waals surface area contributed by atoms with Gasteiger partial charge < -0.3 is 50.9 Å². The van der Waals surface area contributed by atoms with Crippen molar-refractivity contribution in [2.24, 2.45) is 16.1 Å². The number of aryl methyl sites for hydroxylation is 1. The molecule has 4 aromatic carbocycles. The summed E-state index contributed by atoms with van der Waals surface area (Å²) >= 11 is 13.8. The summed E-state index contributed by atoms with van der Waals surface area (Å²) in [5, 5.41) is 25.5. The number of nitrogens with zero attached hydrogens (tertiary/aromatic N) is 8. The van der Waals surface area contributed by atoms with Gasteiger partial charge in [0.05, 0.1) is 30.6 Å². The summed E-state index contributed by atoms with van der Waals surface area (Å²) in [6.07, 6.45) is 9.31. The van der Waals surface area contributed by atoms with Crippen molar-refractivity contribution in [3.63, 3.8) is 0 Å². The smallest absolute Gasteiger partial charge is 0.435 e. The zero-order valence-electron chi connectivity index (χ0n) is 50.4. The maximum atomic E-state index is 12.2. The monoisotopic (exact) mass is 1370 g/mol. The molecule has 1 unspecified atom stereocenters. The number of ketones is 1. The van der Waals surface area contributed by atoms with Crippen LogP contribution in [0.5, 0.6) is 0 Å². The van der Waals surface area contributed by atoms with Crippen LogP contribution in [0.15, 0.2) is 142 Å². The van der Waals surface area contributed by atoms with Gasteiger partial charge in [0.1, 0.15) is 33.5 Å². The normalized spacial score (nSPS) is 15.2. The highest BCUT2D eigenvalue weighted by Crippen LogP contribution is 2.35. The molecule has 4 aliphatic heterocycles. The minimum absolute atomic E-state index is 0.0623. The summed E-state index contributed by atoms with van der Waals surface area (Å²) in [6.45, 7) is 20.8. The second kappa shape index (κ2) is 30.0. The average Bonchev–Trinajstić information content (AvgIpc) is 2.29. The molecule has 466 valence electrons. The highest BCUT2D eigenvalue weighted by molar-refractivity contribution is 9.10. The first-order valence-corrected chi connectivity index (χ1v) is 31.1. The number of benzene rings is 4. The number of carboxylic acids is 1. The highest BCUT2D eigenvalue weighted by Gasteiger charge is 2.50. The number of aliphatic imine (C=N–C) groups is 1. The Morgan fingerprint density at radius 3 is 2.03 bits per heavy atom. The standard InChI is InChI=1S/C16H16ClN5O2.C15H14N4.C10H8BrNO.C10H18N2O2.C9H5BrO2S.C4H9NO/c1-16(2,3)24-15(23)22-12-5-4-11(8-10(12)9-19-22)20-13-6-7-18-14(17)21-13;1-11-17-9-7-15(18-11)19-14-4-2-12(3-5-14)13-6-8-16-10-13;1-6(13)9-4-7-2-3-8(11)5-10(7)12-9;1-9(2,3)14-8(13)12-6-10(7-12)4-11-5-10;10-6-2-1-5-3-8(9(11)12)13-7(5)4-6;5-4-1-2-6-3-4/h4-9H,1-3H3,(H,18,20,21);2-7,9-10H,8H2,1H3,(H,17,18,19);2-5,12H,1H3;11H,4-7H2,1-3H3;1-4H,(H,11,12);4H,1-3,5H2. The Morgan fingerprint density at radius 2 is 1.45 bits per heavy atom. The lowest BCUT2D eigenvalue weighted by molar-refractivity contribution is -0.0554. The summed E-state index contributed by atoms with van der Waals surface area (Å²) in [7, 11) is 0. The first-order chi connectivity index (χ1) is 42.3. The summed E-state index contributed by atoms with van der Waals surface area (Å²) in [4.78, 5) is 71.1. The molecule has 1 spiro atoms. The maximum Gasteiger partial charge on any atom is 0.435 e. The van der Waals surface area contributed by atoms with Crippen LogP contribution < -0.4 is 21.7 Å². The summed E-state index contributed by atoms with van der Waals surface area (Å²) in [5.41, 5.74) is 11.3. The Balaban J connectivity index is 0.000000143. The molecule has 3 saturated heterocycles. The molecule has 0 saturated carbocycles. The van der Waals surface area contributed by atoms with E-state index in [9.17, 15) is 19.2 Å². The van der Waals surface area contributed by atoms with Gasteiger partial charge in [0.15, 0.2) is 5.78 Å². The first kappa shape index (κ1) is 67.0. The van der Waals surface area contributed by atoms with E-state index in [-0.39, 0.29) is 22.8 Å². The number of aromatic carboxylic acids is 1. The molecule has 9 heterocycles. The highest BCUT2D eigenvalue weighted by atomic mass is 79.9. The zero-order valence-corrected chi connectivity index (χ0v) is 55.2. The van der Waals surface area contributed by atoms with Crippen LogP contribution in [0.2, 0.25) is 5.28 Å². The minimum atomic E-state index is -0.864. The largest absolute Gasteiger partial charge is 0.477 e. The molecule has 0 aliphatic carbocycles. The van der Waals surface area contributed by atoms with E-state index in [0.717, 1.165) is 111 Å². The lowest BCUT2D eigenvalue weighted by Gasteiger charge is -2.55. The molecule has 7 N–H and O–H groups in total. The predicted octanol–water partition coefficient (Wildman–Crippen LogP) is 14.1. The van der Waals surface area contributed by atoms with Crippen LogP contribution in [0.3, 0.4) is 0 Å². The average molecular weight is 1380 g/mol. The van der Waals surface area contributed by atoms with Gasteiger partial charge in [-0.2, -0.15) is 9.78 Å². The summed E-state index contributed by atoms with van der Waals surface area (Å²) < 4.78 is 19.8. The molecule has 89 heavy (non-hydrogen) atoms. The van der Waals surface area contributed by atoms with E-state index in [1.807, 2.05) is 127 Å². The number of allylic oxidation sites excluding steroid dienone is 1. The zero-order chi connectivity index (χ0) is 64.0. The van der Waals surface area contributed by atoms with Gasteiger partial charge in [0.25, 0.3) is 0 Å². The number of carbonyl (C=O) groups is 4. The third-order valence-corrected chi connectivity index (χ3v) is 15.5. The SMILES string of the molecule is CC(=O)c1cc2ccc(Br)cc2[nH]1.CC(C)(C)OC(=O)N1CC2(CNC2)C1.CC(C)(C)OC(=O)n1ncc2cc(Nc3ccnc(Cl)n3)ccc21.Cc1nccc(Nc2ccc(C3=CCN=C3)cc2)n1.NC1CCOC1.O=C(O)c1cc2ccc(Br)cc2s1. The third kappa shape index (κ3) is 20.0. The number of hydrogen-bond acceptors (Lipinski definition) is 18. The number of likely N-dealkylation sites (tertiary alicyclic amines) is 1. The van der Waals surface area contributed by atoms with E-state index in [4.69, 9.17) is 36.7 Å². The number of aromatic nitrogens is 7. The van der Waals surface area contributed by atoms with Crippen LogP contribution in [0.1, 0.15) is 86.4 Å². The molecule has 3 fully saturated rings. The number of aromatic amines is 1. The fraction of sp³-hybridized carbons (Fsp3) is 0.312. The molecule has 13 rings (SSSR count). The summed E-state index contributed by atoms with van der Waals surface area (Å²) in [5.74, 6) is 1.34. The molecule has 4 aliphatic rings. The van der Waals surface area contributed by atoms with Crippen molar-refractivity contribution < 1.29 is 38.5 Å². The number of halogens is 3. The number of H-pyrrole nitrogens is 1. The molecule has 25 heteroatoms. The van der Waals surface area contributed by atoms with E-state index < -0.39 is 17.7 Å². The van der Waals surface area contributed by atoms with Crippen LogP contribution >= 0.6 is 54.8 Å². The van der Waals surface area contributed by atoms with Crippen LogP contribution in [-0.2, 0) is 14.2 Å². The molecular weight excluding hydrogens is 1310 g/mol. The molecular formula is C64H70Br2ClN13O8S. The lowest BCUT2D eigenvalue weighted by atomic mass is 9.75. The van der Waals surface area contributed by atoms with E-state index in [2.05, 4.69) is 101 Å². The number of fused-ring (bicyclic) bond motifs is 3. The molecule has 5 aromatic heterocycles. The van der Waals surface area contributed by atoms with Crippen molar-refractivity contribution in [2.75, 3.05) is 56.6 Å². The van der Waals surface area contributed by atoms with Crippen LogP contribution in [0.25, 0.3) is 37.5 Å². The van der Waals surface area contributed by atoms with E-state index in [1.165, 1.54) is 27.2 Å². The number of amides is 1. The fourth-order valence-electron chi connectivity index (χ4n) is 8.95. The van der Waals surface area contributed by atoms with Crippen molar-refractivity contribution in [1.29, 1.82) is 0 Å². The van der Waals surface area contributed by atoms with Gasteiger partial charge in [-0.25, -0.2) is 34.3 Å². The second-order valence-electron chi connectivity index (χ2n) is 23.1. The van der Waals surface area contributed by atoms with Gasteiger partial charge >= 0.3 is 18.2 Å². The van der Waals surface area contributed by atoms with Gasteiger partial charge in [0.2, 0.25) is 5.28 Å². The number of Topliss-reactive ketones (excluding diaryl/α,β-unsaturated/α-hetero) is 1. The van der Waals surface area contributed by atoms with E-state index in [1.54, 1.807) is 48.6 Å². The molecule has 0 bridgehead atoms. The number of rotatable bonds is 7. The van der Waals surface area contributed by atoms with Gasteiger partial charge in [-0.15, -0.1) is 11.3 Å². The van der Waals surface area contributed by atoms with Crippen molar-refractivity contribution in [3.05, 3.63) is 164 Å². The Kier molecular flexibility index (Phi) is 22.6. The number of nitrogens with two attached hydrogens (primary N) is 1. The van der Waals surface area contributed by atoms with Gasteiger partial charge in [-0.1, -0.05) is 62.2 Å². The number of carbonyl (C=O) groups excluding carboxylic acids is 3. The van der Waals surface area contributed by atoms with Crippen LogP contribution in [0, 0.1) is 12.3 Å².